The summed E-state index contributed by atoms with van der Waals surface area (Å²) >= 11 is 0. The number of aryl methyl sites for hydroxylation is 2. The van der Waals surface area contributed by atoms with Crippen LogP contribution in [0.25, 0.3) is 11.4 Å². The molecule has 0 unspecified atom stereocenters. The van der Waals surface area contributed by atoms with Crippen LogP contribution >= 0.6 is 0 Å². The van der Waals surface area contributed by atoms with E-state index in [0.717, 1.165) is 11.3 Å². The molecule has 5 heteroatoms. The van der Waals surface area contributed by atoms with Gasteiger partial charge in [-0.1, -0.05) is 26.0 Å². The Morgan fingerprint density at radius 2 is 1.90 bits per heavy atom. The highest BCUT2D eigenvalue weighted by atomic mass is 19.1. The molecule has 4 nitrogen and oxygen atoms in total. The normalized spacial score (nSPS) is 10.9. The van der Waals surface area contributed by atoms with E-state index < -0.39 is 0 Å². The minimum atomic E-state index is -0.265. The molecule has 2 rings (SSSR count). The molecular weight excluding hydrogens is 255 g/mol. The van der Waals surface area contributed by atoms with Crippen LogP contribution in [0.2, 0.25) is 0 Å². The summed E-state index contributed by atoms with van der Waals surface area (Å²) in [5.41, 5.74) is 5.67. The van der Waals surface area contributed by atoms with Gasteiger partial charge < -0.3 is 5.43 Å². The van der Waals surface area contributed by atoms with E-state index in [2.05, 4.69) is 29.2 Å². The molecule has 0 saturated carbocycles. The Balaban J connectivity index is 2.58. The highest BCUT2D eigenvalue weighted by molar-refractivity contribution is 5.60. The number of halogens is 1. The van der Waals surface area contributed by atoms with Gasteiger partial charge in [0.1, 0.15) is 11.6 Å². The number of aromatic nitrogens is 2. The van der Waals surface area contributed by atoms with Crippen LogP contribution in [0.3, 0.4) is 0 Å². The van der Waals surface area contributed by atoms with Crippen molar-refractivity contribution in [3.05, 3.63) is 40.8 Å². The third kappa shape index (κ3) is 2.63. The van der Waals surface area contributed by atoms with Crippen molar-refractivity contribution in [3.63, 3.8) is 0 Å². The lowest BCUT2D eigenvalue weighted by molar-refractivity contribution is 0.619. The van der Waals surface area contributed by atoms with Gasteiger partial charge in [-0.25, -0.2) is 20.2 Å². The van der Waals surface area contributed by atoms with E-state index in [4.69, 9.17) is 5.84 Å². The Morgan fingerprint density at radius 1 is 1.20 bits per heavy atom. The highest BCUT2D eigenvalue weighted by Crippen LogP contribution is 2.28. The van der Waals surface area contributed by atoms with Gasteiger partial charge >= 0.3 is 0 Å². The maximum absolute atomic E-state index is 13.7. The molecule has 1 aromatic heterocycles. The molecule has 0 spiro atoms. The van der Waals surface area contributed by atoms with Gasteiger partial charge in [-0.3, -0.25) is 0 Å². The number of nitrogens with zero attached hydrogens (tertiary/aromatic N) is 2. The quantitative estimate of drug-likeness (QED) is 0.665. The van der Waals surface area contributed by atoms with Crippen LogP contribution in [0.5, 0.6) is 0 Å². The van der Waals surface area contributed by atoms with Crippen LogP contribution in [-0.4, -0.2) is 9.97 Å². The standard InChI is InChI=1S/C15H19FN4/c1-8(2)13-10(4)18-14(19-15(13)20-17)11-6-5-9(3)12(16)7-11/h5-8H,17H2,1-4H3,(H,18,19,20). The number of rotatable bonds is 3. The van der Waals surface area contributed by atoms with E-state index >= 15 is 0 Å². The first-order chi connectivity index (χ1) is 9.43. The minimum Gasteiger partial charge on any atom is -0.308 e. The first-order valence-corrected chi connectivity index (χ1v) is 6.55. The van der Waals surface area contributed by atoms with Crippen molar-refractivity contribution in [3.8, 4) is 11.4 Å². The van der Waals surface area contributed by atoms with E-state index in [1.807, 2.05) is 13.0 Å². The lowest BCUT2D eigenvalue weighted by Crippen LogP contribution is -2.14. The summed E-state index contributed by atoms with van der Waals surface area (Å²) in [5, 5.41) is 0. The molecule has 2 aromatic rings. The second-order valence-electron chi connectivity index (χ2n) is 5.16. The first-order valence-electron chi connectivity index (χ1n) is 6.55. The Kier molecular flexibility index (Phi) is 3.99. The van der Waals surface area contributed by atoms with E-state index in [0.29, 0.717) is 22.8 Å². The van der Waals surface area contributed by atoms with Gasteiger partial charge in [0.25, 0.3) is 0 Å². The second-order valence-corrected chi connectivity index (χ2v) is 5.16. The fraction of sp³-hybridized carbons (Fsp3) is 0.333. The van der Waals surface area contributed by atoms with Gasteiger partial charge in [0.2, 0.25) is 0 Å². The van der Waals surface area contributed by atoms with E-state index in [-0.39, 0.29) is 11.7 Å². The van der Waals surface area contributed by atoms with Crippen molar-refractivity contribution >= 4 is 5.82 Å². The molecule has 0 aliphatic carbocycles. The van der Waals surface area contributed by atoms with Crippen molar-refractivity contribution in [1.82, 2.24) is 9.97 Å². The predicted octanol–water partition coefficient (Wildman–Crippen LogP) is 3.31. The molecule has 0 bridgehead atoms. The van der Waals surface area contributed by atoms with Gasteiger partial charge in [0, 0.05) is 16.8 Å². The van der Waals surface area contributed by atoms with E-state index in [9.17, 15) is 4.39 Å². The third-order valence-corrected chi connectivity index (χ3v) is 3.28. The van der Waals surface area contributed by atoms with Crippen molar-refractivity contribution < 1.29 is 4.39 Å². The number of nitrogens with one attached hydrogen (secondary N) is 1. The minimum absolute atomic E-state index is 0.254. The molecule has 0 amide bonds. The molecule has 0 saturated heterocycles. The van der Waals surface area contributed by atoms with Crippen LogP contribution in [0.4, 0.5) is 10.2 Å². The molecule has 0 aliphatic rings. The van der Waals surface area contributed by atoms with Crippen LogP contribution in [0.15, 0.2) is 18.2 Å². The van der Waals surface area contributed by atoms with Gasteiger partial charge in [-0.15, -0.1) is 0 Å². The molecule has 1 heterocycles. The monoisotopic (exact) mass is 274 g/mol. The Morgan fingerprint density at radius 3 is 2.45 bits per heavy atom. The fourth-order valence-corrected chi connectivity index (χ4v) is 2.24. The predicted molar refractivity (Wildman–Crippen MR) is 78.8 cm³/mol. The molecule has 0 atom stereocenters. The fourth-order valence-electron chi connectivity index (χ4n) is 2.24. The van der Waals surface area contributed by atoms with Crippen molar-refractivity contribution in [2.45, 2.75) is 33.6 Å². The number of hydrazine groups is 1. The zero-order valence-corrected chi connectivity index (χ0v) is 12.2. The lowest BCUT2D eigenvalue weighted by atomic mass is 10.0. The number of nitrogen functional groups attached to an aromatic ring is 1. The van der Waals surface area contributed by atoms with Crippen LogP contribution in [0.1, 0.15) is 36.6 Å². The molecule has 0 aliphatic heterocycles. The van der Waals surface area contributed by atoms with Crippen molar-refractivity contribution in [2.24, 2.45) is 5.84 Å². The number of anilines is 1. The smallest absolute Gasteiger partial charge is 0.161 e. The zero-order chi connectivity index (χ0) is 14.9. The summed E-state index contributed by atoms with van der Waals surface area (Å²) < 4.78 is 13.7. The molecule has 0 radical (unpaired) electrons. The maximum atomic E-state index is 13.7. The summed E-state index contributed by atoms with van der Waals surface area (Å²) in [6, 6.07) is 4.97. The van der Waals surface area contributed by atoms with Crippen LogP contribution in [0, 0.1) is 19.7 Å². The Bertz CT molecular complexity index is 638. The number of benzene rings is 1. The van der Waals surface area contributed by atoms with Crippen LogP contribution in [-0.2, 0) is 0 Å². The summed E-state index contributed by atoms with van der Waals surface area (Å²) in [7, 11) is 0. The van der Waals surface area contributed by atoms with Crippen molar-refractivity contribution in [1.29, 1.82) is 0 Å². The average molecular weight is 274 g/mol. The molecular formula is C15H19FN4. The number of hydrogen-bond acceptors (Lipinski definition) is 4. The Labute approximate surface area is 118 Å². The van der Waals surface area contributed by atoms with Gasteiger partial charge in [0.05, 0.1) is 0 Å². The number of hydrogen-bond donors (Lipinski definition) is 2. The molecule has 20 heavy (non-hydrogen) atoms. The Hall–Kier alpha value is -2.01. The van der Waals surface area contributed by atoms with Gasteiger partial charge in [-0.05, 0) is 31.4 Å². The largest absolute Gasteiger partial charge is 0.308 e. The van der Waals surface area contributed by atoms with Crippen molar-refractivity contribution in [2.75, 3.05) is 5.43 Å². The molecule has 1 aromatic carbocycles. The van der Waals surface area contributed by atoms with E-state index in [1.165, 1.54) is 6.07 Å². The maximum Gasteiger partial charge on any atom is 0.161 e. The average Bonchev–Trinajstić information content (AvgIpc) is 2.40. The lowest BCUT2D eigenvalue weighted by Gasteiger charge is -2.15. The van der Waals surface area contributed by atoms with Gasteiger partial charge in [-0.2, -0.15) is 0 Å². The summed E-state index contributed by atoms with van der Waals surface area (Å²) in [5.74, 6) is 6.59. The number of nitrogens with two attached hydrogens (primary N) is 1. The molecule has 0 fully saturated rings. The second kappa shape index (κ2) is 5.54. The topological polar surface area (TPSA) is 63.8 Å². The van der Waals surface area contributed by atoms with Crippen LogP contribution < -0.4 is 11.3 Å². The third-order valence-electron chi connectivity index (χ3n) is 3.28. The first kappa shape index (κ1) is 14.4. The SMILES string of the molecule is Cc1ccc(-c2nc(C)c(C(C)C)c(NN)n2)cc1F. The highest BCUT2D eigenvalue weighted by Gasteiger charge is 2.15. The summed E-state index contributed by atoms with van der Waals surface area (Å²) in [4.78, 5) is 8.87. The zero-order valence-electron chi connectivity index (χ0n) is 12.2. The van der Waals surface area contributed by atoms with E-state index in [1.54, 1.807) is 13.0 Å². The molecule has 106 valence electrons. The molecule has 3 N–H and O–H groups in total. The van der Waals surface area contributed by atoms with Gasteiger partial charge in [0.15, 0.2) is 5.82 Å². The summed E-state index contributed by atoms with van der Waals surface area (Å²) in [6.07, 6.45) is 0. The summed E-state index contributed by atoms with van der Waals surface area (Å²) in [6.45, 7) is 7.74.